The zero-order valence-electron chi connectivity index (χ0n) is 17.9. The predicted molar refractivity (Wildman–Crippen MR) is 118 cm³/mol. The summed E-state index contributed by atoms with van der Waals surface area (Å²) in [5.74, 6) is -0.0278. The summed E-state index contributed by atoms with van der Waals surface area (Å²) in [6.07, 6.45) is 0. The van der Waals surface area contributed by atoms with Gasteiger partial charge in [0, 0.05) is 25.2 Å². The number of benzene rings is 2. The third kappa shape index (κ3) is 4.12. The molecule has 3 amide bonds. The van der Waals surface area contributed by atoms with Crippen molar-refractivity contribution in [1.82, 2.24) is 14.8 Å². The van der Waals surface area contributed by atoms with Crippen molar-refractivity contribution in [2.75, 3.05) is 45.4 Å². The van der Waals surface area contributed by atoms with Crippen LogP contribution in [-0.4, -0.2) is 73.0 Å². The highest BCUT2D eigenvalue weighted by molar-refractivity contribution is 7.22. The number of fused-ring (bicyclic) bond motifs is 3. The third-order valence-corrected chi connectivity index (χ3v) is 6.39. The Morgan fingerprint density at radius 3 is 2.33 bits per heavy atom. The van der Waals surface area contributed by atoms with Gasteiger partial charge >= 0.3 is 0 Å². The minimum atomic E-state index is -0.457. The Kier molecular flexibility index (Phi) is 6.24. The lowest BCUT2D eigenvalue weighted by molar-refractivity contribution is -0.119. The van der Waals surface area contributed by atoms with E-state index in [4.69, 9.17) is 9.47 Å². The van der Waals surface area contributed by atoms with Crippen LogP contribution in [0.1, 0.15) is 20.7 Å². The smallest absolute Gasteiger partial charge is 0.262 e. The number of carbonyl (C=O) groups is 3. The average molecular weight is 488 g/mol. The Labute approximate surface area is 199 Å². The number of thiazole rings is 1. The van der Waals surface area contributed by atoms with Crippen molar-refractivity contribution in [2.24, 2.45) is 0 Å². The van der Waals surface area contributed by atoms with Crippen LogP contribution in [0.15, 0.2) is 36.4 Å². The molecule has 5 rings (SSSR count). The van der Waals surface area contributed by atoms with Gasteiger partial charge in [0.25, 0.3) is 11.8 Å². The van der Waals surface area contributed by atoms with Gasteiger partial charge in [-0.2, -0.15) is 0 Å². The third-order valence-electron chi connectivity index (χ3n) is 5.35. The Morgan fingerprint density at radius 1 is 1.06 bits per heavy atom. The molecule has 0 saturated carbocycles. The number of nitrogens with zero attached hydrogens (tertiary/aromatic N) is 4. The summed E-state index contributed by atoms with van der Waals surface area (Å²) in [5, 5.41) is 0.493. The number of hydrogen-bond donors (Lipinski definition) is 0. The van der Waals surface area contributed by atoms with Crippen LogP contribution < -0.4 is 26.8 Å². The van der Waals surface area contributed by atoms with Crippen LogP contribution >= 0.6 is 11.3 Å². The molecule has 11 heteroatoms. The topological polar surface area (TPSA) is 92.3 Å². The highest BCUT2D eigenvalue weighted by Crippen LogP contribution is 2.39. The molecule has 172 valence electrons. The SMILES string of the molecule is CN(C)CCN(C(=O)CN1C(=O)c2ccccc2C1=O)c1nc2cc3c(cc2s1)OCO3.[Cl-]. The minimum Gasteiger partial charge on any atom is -1.00 e. The molecule has 0 spiro atoms. The van der Waals surface area contributed by atoms with Crippen LogP contribution in [0.25, 0.3) is 10.2 Å². The zero-order chi connectivity index (χ0) is 22.4. The van der Waals surface area contributed by atoms with Gasteiger partial charge in [0.05, 0.1) is 21.3 Å². The fourth-order valence-electron chi connectivity index (χ4n) is 3.65. The van der Waals surface area contributed by atoms with E-state index >= 15 is 0 Å². The van der Waals surface area contributed by atoms with Crippen LogP contribution in [0, 0.1) is 0 Å². The first-order valence-electron chi connectivity index (χ1n) is 10.0. The van der Waals surface area contributed by atoms with Gasteiger partial charge in [-0.1, -0.05) is 23.5 Å². The molecule has 2 aliphatic rings. The Bertz CT molecular complexity index is 1180. The number of rotatable bonds is 6. The lowest BCUT2D eigenvalue weighted by atomic mass is 10.1. The first-order chi connectivity index (χ1) is 15.4. The van der Waals surface area contributed by atoms with Crippen molar-refractivity contribution in [3.63, 3.8) is 0 Å². The first kappa shape index (κ1) is 23.0. The molecule has 2 aromatic carbocycles. The van der Waals surface area contributed by atoms with Crippen LogP contribution in [0.5, 0.6) is 11.5 Å². The predicted octanol–water partition coefficient (Wildman–Crippen LogP) is -0.780. The molecule has 3 heterocycles. The average Bonchev–Trinajstić information content (AvgIpc) is 3.45. The van der Waals surface area contributed by atoms with E-state index in [1.807, 2.05) is 25.1 Å². The summed E-state index contributed by atoms with van der Waals surface area (Å²) in [5.41, 5.74) is 1.33. The molecule has 0 unspecified atom stereocenters. The number of amides is 3. The van der Waals surface area contributed by atoms with E-state index in [0.717, 1.165) is 9.60 Å². The summed E-state index contributed by atoms with van der Waals surface area (Å²) in [6, 6.07) is 10.2. The van der Waals surface area contributed by atoms with E-state index in [1.54, 1.807) is 30.3 Å². The number of hydrogen-bond acceptors (Lipinski definition) is 8. The standard InChI is InChI=1S/C22H20N4O5S.ClH/c1-24(2)7-8-25(22-23-15-9-16-17(31-12-30-16)10-18(15)32-22)19(27)11-26-20(28)13-5-3-4-6-14(13)21(26)29;/h3-6,9-10H,7-8,11-12H2,1-2H3;1H/p-1. The molecule has 9 nitrogen and oxygen atoms in total. The normalized spacial score (nSPS) is 14.1. The van der Waals surface area contributed by atoms with Crippen molar-refractivity contribution in [3.8, 4) is 11.5 Å². The molecule has 0 N–H and O–H groups in total. The number of carbonyl (C=O) groups excluding carboxylic acids is 3. The summed E-state index contributed by atoms with van der Waals surface area (Å²) in [4.78, 5) is 47.8. The molecular formula is C22H20ClN4O5S-. The van der Waals surface area contributed by atoms with Gasteiger partial charge in [-0.3, -0.25) is 24.2 Å². The highest BCUT2D eigenvalue weighted by Gasteiger charge is 2.37. The quantitative estimate of drug-likeness (QED) is 0.421. The molecule has 3 aromatic rings. The second-order valence-electron chi connectivity index (χ2n) is 7.76. The van der Waals surface area contributed by atoms with Crippen molar-refractivity contribution in [3.05, 3.63) is 47.5 Å². The van der Waals surface area contributed by atoms with Crippen LogP contribution in [0.2, 0.25) is 0 Å². The molecule has 0 atom stereocenters. The van der Waals surface area contributed by atoms with Gasteiger partial charge < -0.3 is 26.8 Å². The van der Waals surface area contributed by atoms with E-state index in [0.29, 0.717) is 46.4 Å². The largest absolute Gasteiger partial charge is 1.00 e. The minimum absolute atomic E-state index is 0. The van der Waals surface area contributed by atoms with E-state index in [1.165, 1.54) is 16.2 Å². The van der Waals surface area contributed by atoms with Crippen LogP contribution in [0.4, 0.5) is 5.13 Å². The van der Waals surface area contributed by atoms with Gasteiger partial charge in [-0.05, 0) is 26.2 Å². The number of halogens is 1. The second-order valence-corrected chi connectivity index (χ2v) is 8.77. The van der Waals surface area contributed by atoms with Gasteiger partial charge in [0.1, 0.15) is 6.54 Å². The molecule has 0 bridgehead atoms. The Hall–Kier alpha value is -3.21. The molecular weight excluding hydrogens is 468 g/mol. The summed E-state index contributed by atoms with van der Waals surface area (Å²) in [7, 11) is 3.81. The second kappa shape index (κ2) is 8.97. The zero-order valence-corrected chi connectivity index (χ0v) is 19.5. The summed E-state index contributed by atoms with van der Waals surface area (Å²) in [6.45, 7) is 0.777. The Balaban J connectivity index is 0.00000259. The lowest BCUT2D eigenvalue weighted by Gasteiger charge is -2.24. The van der Waals surface area contributed by atoms with Gasteiger partial charge in [-0.25, -0.2) is 4.98 Å². The van der Waals surface area contributed by atoms with Crippen molar-refractivity contribution in [2.45, 2.75) is 0 Å². The van der Waals surface area contributed by atoms with Gasteiger partial charge in [0.15, 0.2) is 16.6 Å². The Morgan fingerprint density at radius 2 is 1.70 bits per heavy atom. The number of imide groups is 1. The monoisotopic (exact) mass is 487 g/mol. The van der Waals surface area contributed by atoms with Gasteiger partial charge in [0.2, 0.25) is 12.7 Å². The van der Waals surface area contributed by atoms with E-state index < -0.39 is 11.8 Å². The number of aromatic nitrogens is 1. The fourth-order valence-corrected chi connectivity index (χ4v) is 4.67. The number of likely N-dealkylation sites (N-methyl/N-ethyl adjacent to an activating group) is 1. The maximum absolute atomic E-state index is 13.3. The fraction of sp³-hybridized carbons (Fsp3) is 0.273. The van der Waals surface area contributed by atoms with Crippen molar-refractivity contribution in [1.29, 1.82) is 0 Å². The number of anilines is 1. The van der Waals surface area contributed by atoms with E-state index in [-0.39, 0.29) is 31.7 Å². The van der Waals surface area contributed by atoms with E-state index in [9.17, 15) is 14.4 Å². The first-order valence-corrected chi connectivity index (χ1v) is 10.8. The van der Waals surface area contributed by atoms with Gasteiger partial charge in [-0.15, -0.1) is 0 Å². The summed E-state index contributed by atoms with van der Waals surface area (Å²) < 4.78 is 11.7. The summed E-state index contributed by atoms with van der Waals surface area (Å²) >= 11 is 1.35. The molecule has 0 saturated heterocycles. The molecule has 2 aliphatic heterocycles. The van der Waals surface area contributed by atoms with Crippen LogP contribution in [-0.2, 0) is 4.79 Å². The molecule has 0 aliphatic carbocycles. The van der Waals surface area contributed by atoms with Crippen molar-refractivity contribution < 1.29 is 36.3 Å². The number of ether oxygens (including phenoxy) is 2. The molecule has 0 radical (unpaired) electrons. The van der Waals surface area contributed by atoms with Crippen LogP contribution in [0.3, 0.4) is 0 Å². The molecule has 0 fully saturated rings. The molecule has 1 aromatic heterocycles. The highest BCUT2D eigenvalue weighted by atomic mass is 35.5. The maximum atomic E-state index is 13.3. The maximum Gasteiger partial charge on any atom is 0.262 e. The lowest BCUT2D eigenvalue weighted by Crippen LogP contribution is -3.00. The van der Waals surface area contributed by atoms with E-state index in [2.05, 4.69) is 4.98 Å². The molecule has 33 heavy (non-hydrogen) atoms. The van der Waals surface area contributed by atoms with Crippen molar-refractivity contribution >= 4 is 44.4 Å².